The van der Waals surface area contributed by atoms with Crippen LogP contribution < -0.4 is 4.74 Å². The van der Waals surface area contributed by atoms with Crippen molar-refractivity contribution in [3.63, 3.8) is 0 Å². The predicted molar refractivity (Wildman–Crippen MR) is 89.9 cm³/mol. The number of hydrogen-bond donors (Lipinski definition) is 1. The van der Waals surface area contributed by atoms with E-state index in [9.17, 15) is 5.11 Å². The molecule has 0 bridgehead atoms. The van der Waals surface area contributed by atoms with Gasteiger partial charge in [0.1, 0.15) is 5.75 Å². The molecule has 2 rings (SSSR count). The highest BCUT2D eigenvalue weighted by molar-refractivity contribution is 9.10. The Hall–Kier alpha value is -1.32. The first-order valence-corrected chi connectivity index (χ1v) is 7.75. The Balaban J connectivity index is 2.32. The van der Waals surface area contributed by atoms with Crippen LogP contribution in [0.4, 0.5) is 0 Å². The van der Waals surface area contributed by atoms with Crippen molar-refractivity contribution in [2.24, 2.45) is 0 Å². The number of aliphatic hydroxyl groups is 1. The number of methoxy groups -OCH3 is 1. The minimum atomic E-state index is -0.899. The monoisotopic (exact) mass is 348 g/mol. The van der Waals surface area contributed by atoms with Crippen molar-refractivity contribution in [2.75, 3.05) is 7.11 Å². The van der Waals surface area contributed by atoms with Gasteiger partial charge >= 0.3 is 0 Å². The van der Waals surface area contributed by atoms with Crippen molar-refractivity contribution in [3.8, 4) is 5.75 Å². The highest BCUT2D eigenvalue weighted by atomic mass is 79.9. The zero-order valence-electron chi connectivity index (χ0n) is 12.9. The maximum Gasteiger partial charge on any atom is 0.133 e. The van der Waals surface area contributed by atoms with Crippen LogP contribution in [0.2, 0.25) is 0 Å². The summed E-state index contributed by atoms with van der Waals surface area (Å²) in [6, 6.07) is 12.1. The molecule has 0 saturated carbocycles. The molecule has 0 saturated heterocycles. The van der Waals surface area contributed by atoms with Crippen LogP contribution in [-0.4, -0.2) is 12.2 Å². The van der Waals surface area contributed by atoms with E-state index < -0.39 is 5.60 Å². The second-order valence-corrected chi connectivity index (χ2v) is 6.59. The van der Waals surface area contributed by atoms with Crippen molar-refractivity contribution in [1.29, 1.82) is 0 Å². The predicted octanol–water partition coefficient (Wildman–Crippen LogP) is 4.52. The van der Waals surface area contributed by atoms with Gasteiger partial charge in [0.2, 0.25) is 0 Å². The van der Waals surface area contributed by atoms with Gasteiger partial charge in [-0.15, -0.1) is 0 Å². The smallest absolute Gasteiger partial charge is 0.133 e. The first-order chi connectivity index (χ1) is 9.83. The van der Waals surface area contributed by atoms with Crippen molar-refractivity contribution in [1.82, 2.24) is 0 Å². The normalized spacial score (nSPS) is 13.8. The maximum absolute atomic E-state index is 10.9. The molecule has 3 heteroatoms. The van der Waals surface area contributed by atoms with Gasteiger partial charge in [0.15, 0.2) is 0 Å². The van der Waals surface area contributed by atoms with Gasteiger partial charge in [0.05, 0.1) is 17.2 Å². The van der Waals surface area contributed by atoms with E-state index in [2.05, 4.69) is 34.1 Å². The number of halogens is 1. The lowest BCUT2D eigenvalue weighted by atomic mass is 9.85. The average molecular weight is 349 g/mol. The Labute approximate surface area is 134 Å². The average Bonchev–Trinajstić information content (AvgIpc) is 2.41. The van der Waals surface area contributed by atoms with Crippen LogP contribution in [-0.2, 0) is 12.0 Å². The van der Waals surface area contributed by atoms with Gasteiger partial charge in [0, 0.05) is 6.42 Å². The fourth-order valence-corrected chi connectivity index (χ4v) is 3.22. The Morgan fingerprint density at radius 2 is 1.86 bits per heavy atom. The number of hydrogen-bond acceptors (Lipinski definition) is 2. The molecule has 0 heterocycles. The van der Waals surface area contributed by atoms with Gasteiger partial charge < -0.3 is 9.84 Å². The minimum absolute atomic E-state index is 0.555. The molecule has 1 unspecified atom stereocenters. The third kappa shape index (κ3) is 3.66. The van der Waals surface area contributed by atoms with Gasteiger partial charge in [-0.2, -0.15) is 0 Å². The molecule has 0 radical (unpaired) electrons. The molecule has 21 heavy (non-hydrogen) atoms. The molecule has 0 aromatic heterocycles. The number of rotatable bonds is 4. The molecule has 1 N–H and O–H groups in total. The Kier molecular flexibility index (Phi) is 4.74. The molecule has 0 aliphatic heterocycles. The fraction of sp³-hybridized carbons (Fsp3) is 0.333. The van der Waals surface area contributed by atoms with Crippen LogP contribution in [0, 0.1) is 13.8 Å². The van der Waals surface area contributed by atoms with Crippen molar-refractivity contribution < 1.29 is 9.84 Å². The van der Waals surface area contributed by atoms with E-state index in [1.165, 1.54) is 0 Å². The quantitative estimate of drug-likeness (QED) is 0.879. The van der Waals surface area contributed by atoms with Crippen LogP contribution in [0.3, 0.4) is 0 Å². The van der Waals surface area contributed by atoms with E-state index in [1.54, 1.807) is 7.11 Å². The largest absolute Gasteiger partial charge is 0.496 e. The first-order valence-electron chi connectivity index (χ1n) is 6.96. The summed E-state index contributed by atoms with van der Waals surface area (Å²) in [7, 11) is 1.64. The van der Waals surface area contributed by atoms with Crippen molar-refractivity contribution in [2.45, 2.75) is 32.8 Å². The summed E-state index contributed by atoms with van der Waals surface area (Å²) in [4.78, 5) is 0. The Morgan fingerprint density at radius 1 is 1.14 bits per heavy atom. The summed E-state index contributed by atoms with van der Waals surface area (Å²) >= 11 is 3.49. The summed E-state index contributed by atoms with van der Waals surface area (Å²) in [6.45, 7) is 5.95. The van der Waals surface area contributed by atoms with Gasteiger partial charge in [0.25, 0.3) is 0 Å². The van der Waals surface area contributed by atoms with E-state index in [1.807, 2.05) is 39.0 Å². The van der Waals surface area contributed by atoms with Gasteiger partial charge in [-0.3, -0.25) is 0 Å². The highest BCUT2D eigenvalue weighted by Crippen LogP contribution is 2.32. The SMILES string of the molecule is COc1ccc(CC(C)(O)c2cc(C)ccc2C)cc1Br. The summed E-state index contributed by atoms with van der Waals surface area (Å²) in [5.41, 5.74) is 3.41. The first kappa shape index (κ1) is 16.1. The third-order valence-electron chi connectivity index (χ3n) is 3.74. The number of benzene rings is 2. The summed E-state index contributed by atoms with van der Waals surface area (Å²) in [6.07, 6.45) is 0.555. The van der Waals surface area contributed by atoms with Crippen molar-refractivity contribution in [3.05, 3.63) is 63.1 Å². The molecule has 0 aliphatic rings. The molecular formula is C18H21BrO2. The van der Waals surface area contributed by atoms with E-state index in [0.29, 0.717) is 6.42 Å². The summed E-state index contributed by atoms with van der Waals surface area (Å²) < 4.78 is 6.14. The van der Waals surface area contributed by atoms with E-state index in [-0.39, 0.29) is 0 Å². The maximum atomic E-state index is 10.9. The standard InChI is InChI=1S/C18H21BrO2/c1-12-5-6-13(2)15(9-12)18(3,20)11-14-7-8-17(21-4)16(19)10-14/h5-10,20H,11H2,1-4H3. The summed E-state index contributed by atoms with van der Waals surface area (Å²) in [5, 5.41) is 10.9. The molecule has 2 aromatic carbocycles. The highest BCUT2D eigenvalue weighted by Gasteiger charge is 2.25. The molecule has 0 spiro atoms. The van der Waals surface area contributed by atoms with E-state index in [4.69, 9.17) is 4.74 Å². The summed E-state index contributed by atoms with van der Waals surface area (Å²) in [5.74, 6) is 0.796. The zero-order valence-corrected chi connectivity index (χ0v) is 14.5. The zero-order chi connectivity index (χ0) is 15.6. The minimum Gasteiger partial charge on any atom is -0.496 e. The van der Waals surface area contributed by atoms with Crippen LogP contribution in [0.25, 0.3) is 0 Å². The lowest BCUT2D eigenvalue weighted by molar-refractivity contribution is 0.0569. The molecule has 2 nitrogen and oxygen atoms in total. The second-order valence-electron chi connectivity index (χ2n) is 5.74. The molecule has 0 aliphatic carbocycles. The van der Waals surface area contributed by atoms with Crippen LogP contribution in [0.15, 0.2) is 40.9 Å². The molecule has 0 amide bonds. The molecule has 0 fully saturated rings. The fourth-order valence-electron chi connectivity index (χ4n) is 2.63. The number of aryl methyl sites for hydroxylation is 2. The Morgan fingerprint density at radius 3 is 2.48 bits per heavy atom. The van der Waals surface area contributed by atoms with Crippen LogP contribution in [0.5, 0.6) is 5.75 Å². The van der Waals surface area contributed by atoms with Crippen molar-refractivity contribution >= 4 is 15.9 Å². The topological polar surface area (TPSA) is 29.5 Å². The lowest BCUT2D eigenvalue weighted by Gasteiger charge is -2.26. The lowest BCUT2D eigenvalue weighted by Crippen LogP contribution is -2.25. The second kappa shape index (κ2) is 6.20. The van der Waals surface area contributed by atoms with Gasteiger partial charge in [-0.1, -0.05) is 29.8 Å². The molecular weight excluding hydrogens is 328 g/mol. The Bertz CT molecular complexity index is 648. The van der Waals surface area contributed by atoms with Crippen LogP contribution in [0.1, 0.15) is 29.2 Å². The van der Waals surface area contributed by atoms with Crippen LogP contribution >= 0.6 is 15.9 Å². The van der Waals surface area contributed by atoms with E-state index in [0.717, 1.165) is 32.5 Å². The third-order valence-corrected chi connectivity index (χ3v) is 4.36. The molecule has 2 aromatic rings. The molecule has 1 atom stereocenters. The molecule has 112 valence electrons. The van der Waals surface area contributed by atoms with Gasteiger partial charge in [-0.25, -0.2) is 0 Å². The number of ether oxygens (including phenoxy) is 1. The van der Waals surface area contributed by atoms with Gasteiger partial charge in [-0.05, 0) is 65.5 Å². The van der Waals surface area contributed by atoms with E-state index >= 15 is 0 Å².